The summed E-state index contributed by atoms with van der Waals surface area (Å²) in [5, 5.41) is 3.54. The summed E-state index contributed by atoms with van der Waals surface area (Å²) in [5.74, 6) is 0.649. The van der Waals surface area contributed by atoms with E-state index in [9.17, 15) is 0 Å². The first-order chi connectivity index (χ1) is 23.3. The van der Waals surface area contributed by atoms with Gasteiger partial charge in [-0.1, -0.05) is 109 Å². The molecule has 47 heavy (non-hydrogen) atoms. The summed E-state index contributed by atoms with van der Waals surface area (Å²) in [7, 11) is 0. The maximum atomic E-state index is 5.19. The second-order valence-corrected chi connectivity index (χ2v) is 11.9. The predicted molar refractivity (Wildman–Crippen MR) is 193 cm³/mol. The highest BCUT2D eigenvalue weighted by Crippen LogP contribution is 2.37. The Hall–Kier alpha value is -6.46. The Labute approximate surface area is 270 Å². The quantitative estimate of drug-likeness (QED) is 0.201. The fourth-order valence-corrected chi connectivity index (χ4v) is 7.16. The van der Waals surface area contributed by atoms with Gasteiger partial charge in [0.1, 0.15) is 5.65 Å². The van der Waals surface area contributed by atoms with Crippen LogP contribution in [0.3, 0.4) is 0 Å². The maximum absolute atomic E-state index is 5.19. The minimum Gasteiger partial charge on any atom is -0.294 e. The second kappa shape index (κ2) is 10.0. The van der Waals surface area contributed by atoms with E-state index in [4.69, 9.17) is 9.97 Å². The van der Waals surface area contributed by atoms with E-state index in [1.807, 2.05) is 12.1 Å². The van der Waals surface area contributed by atoms with Crippen molar-refractivity contribution in [3.8, 4) is 34.2 Å². The van der Waals surface area contributed by atoms with Crippen molar-refractivity contribution in [2.45, 2.75) is 0 Å². The van der Waals surface area contributed by atoms with Gasteiger partial charge < -0.3 is 0 Å². The molecule has 0 saturated heterocycles. The third-order valence-corrected chi connectivity index (χ3v) is 9.25. The lowest BCUT2D eigenvalue weighted by molar-refractivity contribution is 0.995. The molecule has 0 aliphatic rings. The molecule has 4 aromatic heterocycles. The summed E-state index contributed by atoms with van der Waals surface area (Å²) in [6.07, 6.45) is 0. The van der Waals surface area contributed by atoms with Gasteiger partial charge in [-0.3, -0.25) is 13.5 Å². The highest BCUT2D eigenvalue weighted by molar-refractivity contribution is 6.10. The first-order valence-corrected chi connectivity index (χ1v) is 15.9. The fourth-order valence-electron chi connectivity index (χ4n) is 7.16. The molecule has 0 unspecified atom stereocenters. The number of hydrogen-bond donors (Lipinski definition) is 0. The van der Waals surface area contributed by atoms with Crippen molar-refractivity contribution in [3.63, 3.8) is 0 Å². The molecule has 220 valence electrons. The van der Waals surface area contributed by atoms with Crippen LogP contribution in [0.25, 0.3) is 83.5 Å². The average molecular weight is 602 g/mol. The molecule has 5 nitrogen and oxygen atoms in total. The monoisotopic (exact) mass is 601 g/mol. The van der Waals surface area contributed by atoms with E-state index in [0.717, 1.165) is 55.7 Å². The Morgan fingerprint density at radius 2 is 0.957 bits per heavy atom. The highest BCUT2D eigenvalue weighted by Gasteiger charge is 2.20. The molecular weight excluding hydrogens is 574 g/mol. The molecule has 5 heteroatoms. The third-order valence-electron chi connectivity index (χ3n) is 9.25. The number of fused-ring (bicyclic) bond motifs is 8. The van der Waals surface area contributed by atoms with E-state index < -0.39 is 0 Å². The van der Waals surface area contributed by atoms with Crippen molar-refractivity contribution in [1.29, 1.82) is 0 Å². The van der Waals surface area contributed by atoms with Gasteiger partial charge in [-0.05, 0) is 54.6 Å². The zero-order chi connectivity index (χ0) is 30.9. The lowest BCUT2D eigenvalue weighted by atomic mass is 10.1. The molecule has 0 saturated carbocycles. The topological polar surface area (TPSA) is 40.0 Å². The van der Waals surface area contributed by atoms with Crippen molar-refractivity contribution >= 4 is 49.4 Å². The Kier molecular flexibility index (Phi) is 5.51. The van der Waals surface area contributed by atoms with Gasteiger partial charge >= 0.3 is 0 Å². The minimum atomic E-state index is 0.649. The second-order valence-electron chi connectivity index (χ2n) is 11.9. The van der Waals surface area contributed by atoms with Crippen molar-refractivity contribution in [3.05, 3.63) is 164 Å². The van der Waals surface area contributed by atoms with Gasteiger partial charge in [0.15, 0.2) is 0 Å². The van der Waals surface area contributed by atoms with E-state index in [0.29, 0.717) is 5.95 Å². The van der Waals surface area contributed by atoms with E-state index in [-0.39, 0.29) is 0 Å². The normalized spacial score (nSPS) is 11.8. The zero-order valence-corrected chi connectivity index (χ0v) is 25.3. The number of nitrogens with zero attached hydrogens (tertiary/aromatic N) is 5. The largest absolute Gasteiger partial charge is 0.294 e. The van der Waals surface area contributed by atoms with Crippen LogP contribution in [-0.4, -0.2) is 23.5 Å². The Bertz CT molecular complexity index is 2730. The van der Waals surface area contributed by atoms with E-state index in [1.54, 1.807) is 0 Å². The van der Waals surface area contributed by atoms with Crippen LogP contribution in [0.15, 0.2) is 164 Å². The summed E-state index contributed by atoms with van der Waals surface area (Å²) < 4.78 is 6.95. The standard InChI is InChI=1S/C42H27N5/c1-3-13-28(14-4-1)34-27-35(29-15-5-2-6-16-29)44-42(43-34)47-37-20-10-8-18-32(37)33-26-31(23-24-38(33)47)45-39-21-11-12-22-40(39)46-36-19-9-7-17-30(36)25-41(45)46/h1-27H. The molecule has 6 aromatic carbocycles. The predicted octanol–water partition coefficient (Wildman–Crippen LogP) is 10.3. The molecule has 0 aliphatic heterocycles. The highest BCUT2D eigenvalue weighted by atomic mass is 15.2. The molecule has 0 spiro atoms. The van der Waals surface area contributed by atoms with Crippen LogP contribution in [0.2, 0.25) is 0 Å². The molecule has 0 radical (unpaired) electrons. The summed E-state index contributed by atoms with van der Waals surface area (Å²) >= 11 is 0. The average Bonchev–Trinajstić information content (AvgIpc) is 3.79. The van der Waals surface area contributed by atoms with Crippen molar-refractivity contribution < 1.29 is 0 Å². The van der Waals surface area contributed by atoms with Gasteiger partial charge in [0.2, 0.25) is 5.95 Å². The summed E-state index contributed by atoms with van der Waals surface area (Å²) in [6, 6.07) is 57.6. The number of imidazole rings is 1. The van der Waals surface area contributed by atoms with Crippen LogP contribution in [0.4, 0.5) is 0 Å². The van der Waals surface area contributed by atoms with Crippen molar-refractivity contribution in [1.82, 2.24) is 23.5 Å². The Morgan fingerprint density at radius 1 is 0.383 bits per heavy atom. The minimum absolute atomic E-state index is 0.649. The number of hydrogen-bond acceptors (Lipinski definition) is 2. The van der Waals surface area contributed by atoms with E-state index in [1.165, 1.54) is 21.9 Å². The lowest BCUT2D eigenvalue weighted by Gasteiger charge is -2.12. The summed E-state index contributed by atoms with van der Waals surface area (Å²) in [6.45, 7) is 0. The summed E-state index contributed by atoms with van der Waals surface area (Å²) in [4.78, 5) is 10.4. The van der Waals surface area contributed by atoms with E-state index >= 15 is 0 Å². The molecule has 10 aromatic rings. The molecule has 0 aliphatic carbocycles. The van der Waals surface area contributed by atoms with Gasteiger partial charge in [0.05, 0.1) is 39.0 Å². The molecule has 4 heterocycles. The molecular formula is C42H27N5. The summed E-state index contributed by atoms with van der Waals surface area (Å²) in [5.41, 5.74) is 11.8. The van der Waals surface area contributed by atoms with Gasteiger partial charge in [-0.15, -0.1) is 0 Å². The smallest absolute Gasteiger partial charge is 0.235 e. The molecule has 0 N–H and O–H groups in total. The Morgan fingerprint density at radius 3 is 1.68 bits per heavy atom. The molecule has 10 rings (SSSR count). The van der Waals surface area contributed by atoms with Crippen LogP contribution in [-0.2, 0) is 0 Å². The van der Waals surface area contributed by atoms with Crippen LogP contribution >= 0.6 is 0 Å². The van der Waals surface area contributed by atoms with Gasteiger partial charge in [0, 0.05) is 33.0 Å². The van der Waals surface area contributed by atoms with Crippen molar-refractivity contribution in [2.24, 2.45) is 0 Å². The maximum Gasteiger partial charge on any atom is 0.235 e. The van der Waals surface area contributed by atoms with Gasteiger partial charge in [-0.2, -0.15) is 0 Å². The number of aromatic nitrogens is 5. The molecule has 0 atom stereocenters. The first-order valence-electron chi connectivity index (χ1n) is 15.9. The first kappa shape index (κ1) is 25.8. The van der Waals surface area contributed by atoms with Crippen LogP contribution in [0.1, 0.15) is 0 Å². The molecule has 0 fully saturated rings. The SMILES string of the molecule is c1ccc(-c2cc(-c3ccccc3)nc(-n3c4ccccc4c4cc(-n5c6ccccc6n6c7ccccc7cc56)ccc43)n2)cc1. The van der Waals surface area contributed by atoms with Crippen molar-refractivity contribution in [2.75, 3.05) is 0 Å². The number of para-hydroxylation sites is 4. The van der Waals surface area contributed by atoms with E-state index in [2.05, 4.69) is 165 Å². The molecule has 0 bridgehead atoms. The number of rotatable bonds is 4. The van der Waals surface area contributed by atoms with Gasteiger partial charge in [0.25, 0.3) is 0 Å². The zero-order valence-electron chi connectivity index (χ0n) is 25.3. The molecule has 0 amide bonds. The Balaban J connectivity index is 1.25. The van der Waals surface area contributed by atoms with Crippen LogP contribution in [0, 0.1) is 0 Å². The van der Waals surface area contributed by atoms with Gasteiger partial charge in [-0.25, -0.2) is 9.97 Å². The number of benzene rings is 6. The van der Waals surface area contributed by atoms with Crippen LogP contribution < -0.4 is 0 Å². The fraction of sp³-hybridized carbons (Fsp3) is 0. The lowest BCUT2D eigenvalue weighted by Crippen LogP contribution is -2.04. The third kappa shape index (κ3) is 3.90. The van der Waals surface area contributed by atoms with Crippen LogP contribution in [0.5, 0.6) is 0 Å².